The zero-order valence-corrected chi connectivity index (χ0v) is 5.52. The lowest BCUT2D eigenvalue weighted by Gasteiger charge is -1.99. The summed E-state index contributed by atoms with van der Waals surface area (Å²) in [5, 5.41) is 8.01. The third-order valence-electron chi connectivity index (χ3n) is 1.11. The van der Waals surface area contributed by atoms with E-state index in [1.54, 1.807) is 0 Å². The molecule has 0 amide bonds. The number of hydrogen-bond acceptors (Lipinski definition) is 1. The van der Waals surface area contributed by atoms with Crippen LogP contribution in [0.4, 0.5) is 8.78 Å². The van der Waals surface area contributed by atoms with E-state index in [2.05, 4.69) is 0 Å². The maximum absolute atomic E-state index is 12.1. The first-order valence-electron chi connectivity index (χ1n) is 3.11. The predicted octanol–water partition coefficient (Wildman–Crippen LogP) is 1.55. The van der Waals surface area contributed by atoms with Crippen LogP contribution in [-0.4, -0.2) is 23.9 Å². The van der Waals surface area contributed by atoms with E-state index in [-0.39, 0.29) is 12.8 Å². The van der Waals surface area contributed by atoms with Gasteiger partial charge in [0.25, 0.3) is 0 Å². The van der Waals surface area contributed by atoms with Crippen LogP contribution in [0.3, 0.4) is 0 Å². The Kier molecular flexibility index (Phi) is 4.80. The number of carboxylic acid groups (broad SMARTS) is 1. The molecule has 0 fully saturated rings. The van der Waals surface area contributed by atoms with Crippen LogP contribution in [0, 0.1) is 0 Å². The van der Waals surface area contributed by atoms with Gasteiger partial charge in [-0.3, -0.25) is 4.39 Å². The molecule has 1 N–H and O–H groups in total. The number of rotatable bonds is 5. The molecule has 0 bridgehead atoms. The molecule has 0 saturated carbocycles. The molecule has 0 heterocycles. The molecular formula is C6H10F2O2. The molecule has 0 aliphatic rings. The van der Waals surface area contributed by atoms with Crippen molar-refractivity contribution in [3.63, 3.8) is 0 Å². The largest absolute Gasteiger partial charge is 0.479 e. The molecule has 0 saturated heterocycles. The summed E-state index contributed by atoms with van der Waals surface area (Å²) in [5.74, 6) is -1.46. The van der Waals surface area contributed by atoms with E-state index in [1.807, 2.05) is 0 Å². The van der Waals surface area contributed by atoms with Crippen molar-refractivity contribution in [2.24, 2.45) is 0 Å². The molecule has 4 heteroatoms. The summed E-state index contributed by atoms with van der Waals surface area (Å²) in [7, 11) is 0. The number of halogens is 2. The number of alkyl halides is 2. The van der Waals surface area contributed by atoms with E-state index in [0.29, 0.717) is 6.42 Å². The van der Waals surface area contributed by atoms with E-state index in [4.69, 9.17) is 5.11 Å². The summed E-state index contributed by atoms with van der Waals surface area (Å²) in [4.78, 5) is 9.82. The average Bonchev–Trinajstić information content (AvgIpc) is 1.88. The van der Waals surface area contributed by atoms with Crippen molar-refractivity contribution in [1.29, 1.82) is 0 Å². The molecular weight excluding hydrogens is 142 g/mol. The van der Waals surface area contributed by atoms with Gasteiger partial charge >= 0.3 is 5.97 Å². The highest BCUT2D eigenvalue weighted by Gasteiger charge is 2.13. The van der Waals surface area contributed by atoms with Crippen LogP contribution in [0.2, 0.25) is 0 Å². The number of hydrogen-bond donors (Lipinski definition) is 1. The van der Waals surface area contributed by atoms with Crippen LogP contribution in [-0.2, 0) is 4.79 Å². The first-order chi connectivity index (χ1) is 4.68. The van der Waals surface area contributed by atoms with Gasteiger partial charge in [-0.25, -0.2) is 9.18 Å². The van der Waals surface area contributed by atoms with Gasteiger partial charge in [0.15, 0.2) is 6.17 Å². The highest BCUT2D eigenvalue weighted by Crippen LogP contribution is 2.04. The van der Waals surface area contributed by atoms with Gasteiger partial charge in [-0.05, 0) is 19.3 Å². The lowest BCUT2D eigenvalue weighted by atomic mass is 10.2. The second kappa shape index (κ2) is 5.14. The van der Waals surface area contributed by atoms with Crippen molar-refractivity contribution in [1.82, 2.24) is 0 Å². The van der Waals surface area contributed by atoms with Crippen molar-refractivity contribution in [3.8, 4) is 0 Å². The van der Waals surface area contributed by atoms with Crippen molar-refractivity contribution in [2.75, 3.05) is 6.67 Å². The van der Waals surface area contributed by atoms with Crippen LogP contribution in [0.5, 0.6) is 0 Å². The maximum Gasteiger partial charge on any atom is 0.338 e. The molecule has 0 aliphatic carbocycles. The maximum atomic E-state index is 12.1. The van der Waals surface area contributed by atoms with Crippen LogP contribution < -0.4 is 0 Å². The highest BCUT2D eigenvalue weighted by molar-refractivity contribution is 5.71. The Morgan fingerprint density at radius 3 is 2.50 bits per heavy atom. The van der Waals surface area contributed by atoms with Crippen molar-refractivity contribution in [2.45, 2.75) is 25.4 Å². The average molecular weight is 152 g/mol. The number of aliphatic carboxylic acids is 1. The molecule has 0 aromatic rings. The zero-order valence-electron chi connectivity index (χ0n) is 5.52. The highest BCUT2D eigenvalue weighted by atomic mass is 19.1. The first-order valence-corrected chi connectivity index (χ1v) is 3.11. The smallest absolute Gasteiger partial charge is 0.338 e. The van der Waals surface area contributed by atoms with Crippen LogP contribution >= 0.6 is 0 Å². The fourth-order valence-corrected chi connectivity index (χ4v) is 0.542. The summed E-state index contributed by atoms with van der Waals surface area (Å²) >= 11 is 0. The SMILES string of the molecule is O=C(O)C(F)CCCCF. The van der Waals surface area contributed by atoms with Gasteiger partial charge in [0.05, 0.1) is 6.67 Å². The summed E-state index contributed by atoms with van der Waals surface area (Å²) in [5.41, 5.74) is 0. The number of carbonyl (C=O) groups is 1. The molecule has 0 aliphatic heterocycles. The van der Waals surface area contributed by atoms with Crippen LogP contribution in [0.1, 0.15) is 19.3 Å². The summed E-state index contributed by atoms with van der Waals surface area (Å²) in [6.07, 6.45) is -1.37. The topological polar surface area (TPSA) is 37.3 Å². The van der Waals surface area contributed by atoms with Gasteiger partial charge in [-0.1, -0.05) is 0 Å². The number of unbranched alkanes of at least 4 members (excludes halogenated alkanes) is 1. The van der Waals surface area contributed by atoms with E-state index in [0.717, 1.165) is 0 Å². The van der Waals surface area contributed by atoms with Crippen LogP contribution in [0.15, 0.2) is 0 Å². The van der Waals surface area contributed by atoms with Crippen molar-refractivity contribution < 1.29 is 18.7 Å². The Morgan fingerprint density at radius 1 is 1.50 bits per heavy atom. The fourth-order valence-electron chi connectivity index (χ4n) is 0.542. The fraction of sp³-hybridized carbons (Fsp3) is 0.833. The lowest BCUT2D eigenvalue weighted by Crippen LogP contribution is -2.13. The quantitative estimate of drug-likeness (QED) is 0.607. The molecule has 1 atom stereocenters. The molecule has 60 valence electrons. The molecule has 0 aromatic heterocycles. The predicted molar refractivity (Wildman–Crippen MR) is 32.4 cm³/mol. The normalized spacial score (nSPS) is 13.0. The molecule has 0 aromatic carbocycles. The third kappa shape index (κ3) is 4.23. The van der Waals surface area contributed by atoms with Gasteiger partial charge < -0.3 is 5.11 Å². The van der Waals surface area contributed by atoms with E-state index in [9.17, 15) is 13.6 Å². The Balaban J connectivity index is 3.21. The monoisotopic (exact) mass is 152 g/mol. The molecule has 0 radical (unpaired) electrons. The zero-order chi connectivity index (χ0) is 7.98. The lowest BCUT2D eigenvalue weighted by molar-refractivity contribution is -0.143. The Hall–Kier alpha value is -0.670. The Labute approximate surface area is 57.9 Å². The van der Waals surface area contributed by atoms with Crippen molar-refractivity contribution >= 4 is 5.97 Å². The molecule has 2 nitrogen and oxygen atoms in total. The standard InChI is InChI=1S/C6H10F2O2/c7-4-2-1-3-5(8)6(9)10/h5H,1-4H2,(H,9,10). The minimum Gasteiger partial charge on any atom is -0.479 e. The van der Waals surface area contributed by atoms with Crippen LogP contribution in [0.25, 0.3) is 0 Å². The minimum absolute atomic E-state index is 0.0841. The Bertz CT molecular complexity index is 106. The second-order valence-corrected chi connectivity index (χ2v) is 1.99. The summed E-state index contributed by atoms with van der Waals surface area (Å²) in [6.45, 7) is -0.508. The number of carboxylic acids is 1. The second-order valence-electron chi connectivity index (χ2n) is 1.99. The van der Waals surface area contributed by atoms with Gasteiger partial charge in [-0.2, -0.15) is 0 Å². The van der Waals surface area contributed by atoms with E-state index < -0.39 is 18.8 Å². The van der Waals surface area contributed by atoms with Gasteiger partial charge in [0.2, 0.25) is 0 Å². The van der Waals surface area contributed by atoms with Crippen molar-refractivity contribution in [3.05, 3.63) is 0 Å². The molecule has 0 spiro atoms. The van der Waals surface area contributed by atoms with Gasteiger partial charge in [0.1, 0.15) is 0 Å². The third-order valence-corrected chi connectivity index (χ3v) is 1.11. The molecule has 0 rings (SSSR count). The van der Waals surface area contributed by atoms with E-state index >= 15 is 0 Å². The summed E-state index contributed by atoms with van der Waals surface area (Å²) in [6, 6.07) is 0. The Morgan fingerprint density at radius 2 is 2.10 bits per heavy atom. The van der Waals surface area contributed by atoms with E-state index in [1.165, 1.54) is 0 Å². The van der Waals surface area contributed by atoms with Gasteiger partial charge in [0, 0.05) is 0 Å². The van der Waals surface area contributed by atoms with Gasteiger partial charge in [-0.15, -0.1) is 0 Å². The first kappa shape index (κ1) is 9.33. The summed E-state index contributed by atoms with van der Waals surface area (Å²) < 4.78 is 23.5. The minimum atomic E-state index is -1.83. The molecule has 10 heavy (non-hydrogen) atoms. The molecule has 1 unspecified atom stereocenters.